The molecule has 1 atom stereocenters. The number of nitrogens with zero attached hydrogens (tertiary/aromatic N) is 2. The van der Waals surface area contributed by atoms with Gasteiger partial charge < -0.3 is 20.2 Å². The second-order valence-corrected chi connectivity index (χ2v) is 10.2. The van der Waals surface area contributed by atoms with Crippen molar-refractivity contribution in [3.05, 3.63) is 71.9 Å². The molecule has 1 aliphatic rings. The number of para-hydroxylation sites is 1. The smallest absolute Gasteiger partial charge is 0.222 e. The van der Waals surface area contributed by atoms with Gasteiger partial charge in [0, 0.05) is 54.8 Å². The first-order chi connectivity index (χ1) is 16.9. The Morgan fingerprint density at radius 1 is 1.11 bits per heavy atom. The quantitative estimate of drug-likeness (QED) is 0.357. The number of H-pyrrole nitrogens is 1. The zero-order valence-electron chi connectivity index (χ0n) is 21.5. The summed E-state index contributed by atoms with van der Waals surface area (Å²) in [4.78, 5) is 20.7. The summed E-state index contributed by atoms with van der Waals surface area (Å²) in [5.41, 5.74) is 4.37. The van der Waals surface area contributed by atoms with Crippen LogP contribution < -0.4 is 0 Å². The van der Waals surface area contributed by atoms with Crippen molar-refractivity contribution in [2.24, 2.45) is 0 Å². The molecule has 4 rings (SSSR count). The van der Waals surface area contributed by atoms with E-state index in [0.717, 1.165) is 63.1 Å². The first-order valence-electron chi connectivity index (χ1n) is 13.1. The van der Waals surface area contributed by atoms with Crippen LogP contribution in [0.15, 0.2) is 60.8 Å². The fourth-order valence-electron chi connectivity index (χ4n) is 5.62. The number of likely N-dealkylation sites (tertiary alicyclic amines) is 1. The van der Waals surface area contributed by atoms with E-state index >= 15 is 0 Å². The van der Waals surface area contributed by atoms with E-state index in [-0.39, 0.29) is 17.2 Å². The standard InChI is InChI=1S/C30H40N4O/c1-4-10-28(31)30(24-11-6-5-7-12-24)15-17-34(18-16-30)20-19-33(3)29(35)21-23(2)26-22-32-27-14-9-8-13-25(26)27/h5-9,11-14,22-23,31-32H,4,10,15-21H2,1-3H3. The van der Waals surface area contributed by atoms with E-state index in [0.29, 0.717) is 6.42 Å². The van der Waals surface area contributed by atoms with Crippen molar-refractivity contribution >= 4 is 22.5 Å². The summed E-state index contributed by atoms with van der Waals surface area (Å²) >= 11 is 0. The van der Waals surface area contributed by atoms with E-state index in [4.69, 9.17) is 5.41 Å². The van der Waals surface area contributed by atoms with Crippen LogP contribution in [0.4, 0.5) is 0 Å². The number of piperidine rings is 1. The summed E-state index contributed by atoms with van der Waals surface area (Å²) in [7, 11) is 1.93. The van der Waals surface area contributed by atoms with Crippen LogP contribution in [0.1, 0.15) is 63.0 Å². The summed E-state index contributed by atoms with van der Waals surface area (Å²) in [6, 6.07) is 18.9. The number of fused-ring (bicyclic) bond motifs is 1. The number of hydrogen-bond acceptors (Lipinski definition) is 3. The van der Waals surface area contributed by atoms with Gasteiger partial charge in [0.1, 0.15) is 0 Å². The van der Waals surface area contributed by atoms with E-state index < -0.39 is 0 Å². The van der Waals surface area contributed by atoms with Gasteiger partial charge >= 0.3 is 0 Å². The molecule has 5 nitrogen and oxygen atoms in total. The summed E-state index contributed by atoms with van der Waals surface area (Å²) < 4.78 is 0. The number of carbonyl (C=O) groups is 1. The van der Waals surface area contributed by atoms with Crippen LogP contribution in [0.3, 0.4) is 0 Å². The van der Waals surface area contributed by atoms with Gasteiger partial charge in [0.25, 0.3) is 0 Å². The lowest BCUT2D eigenvalue weighted by molar-refractivity contribution is -0.130. The molecule has 5 heteroatoms. The molecule has 2 N–H and O–H groups in total. The fourth-order valence-corrected chi connectivity index (χ4v) is 5.62. The summed E-state index contributed by atoms with van der Waals surface area (Å²) in [5, 5.41) is 10.1. The van der Waals surface area contributed by atoms with Gasteiger partial charge in [-0.25, -0.2) is 0 Å². The van der Waals surface area contributed by atoms with Crippen LogP contribution in [-0.4, -0.2) is 59.6 Å². The maximum Gasteiger partial charge on any atom is 0.222 e. The zero-order valence-corrected chi connectivity index (χ0v) is 21.5. The van der Waals surface area contributed by atoms with E-state index in [2.05, 4.69) is 72.3 Å². The summed E-state index contributed by atoms with van der Waals surface area (Å²) in [6.45, 7) is 7.86. The van der Waals surface area contributed by atoms with Crippen LogP contribution in [0, 0.1) is 5.41 Å². The Hall–Kier alpha value is -2.92. The molecule has 2 heterocycles. The van der Waals surface area contributed by atoms with Crippen molar-refractivity contribution < 1.29 is 4.79 Å². The molecular weight excluding hydrogens is 432 g/mol. The number of benzene rings is 2. The van der Waals surface area contributed by atoms with Crippen molar-refractivity contribution in [2.45, 2.75) is 57.3 Å². The Kier molecular flexibility index (Phi) is 8.07. The second-order valence-electron chi connectivity index (χ2n) is 10.2. The van der Waals surface area contributed by atoms with Crippen molar-refractivity contribution in [1.29, 1.82) is 5.41 Å². The highest BCUT2D eigenvalue weighted by atomic mass is 16.2. The molecule has 1 saturated heterocycles. The van der Waals surface area contributed by atoms with Gasteiger partial charge in [-0.15, -0.1) is 0 Å². The second kappa shape index (κ2) is 11.2. The normalized spacial score (nSPS) is 16.8. The van der Waals surface area contributed by atoms with Crippen LogP contribution in [0.5, 0.6) is 0 Å². The molecule has 186 valence electrons. The number of aromatic nitrogens is 1. The van der Waals surface area contributed by atoms with Crippen LogP contribution in [0.2, 0.25) is 0 Å². The molecule has 1 aliphatic heterocycles. The van der Waals surface area contributed by atoms with Crippen molar-refractivity contribution in [2.75, 3.05) is 33.2 Å². The molecule has 0 aliphatic carbocycles. The van der Waals surface area contributed by atoms with Crippen molar-refractivity contribution in [3.8, 4) is 0 Å². The lowest BCUT2D eigenvalue weighted by Crippen LogP contribution is -2.48. The highest BCUT2D eigenvalue weighted by Crippen LogP contribution is 2.38. The number of hydrogen-bond donors (Lipinski definition) is 2. The minimum absolute atomic E-state index is 0.135. The predicted molar refractivity (Wildman–Crippen MR) is 145 cm³/mol. The topological polar surface area (TPSA) is 63.2 Å². The van der Waals surface area contributed by atoms with Crippen LogP contribution >= 0.6 is 0 Å². The van der Waals surface area contributed by atoms with E-state index in [1.54, 1.807) is 0 Å². The number of rotatable bonds is 10. The molecule has 1 unspecified atom stereocenters. The molecule has 0 bridgehead atoms. The molecular formula is C30H40N4O. The number of likely N-dealkylation sites (N-methyl/N-ethyl adjacent to an activating group) is 1. The highest BCUT2D eigenvalue weighted by Gasteiger charge is 2.39. The molecule has 1 fully saturated rings. The SMILES string of the molecule is CCCC(=N)C1(c2ccccc2)CCN(CCN(C)C(=O)CC(C)c2c[nH]c3ccccc23)CC1. The van der Waals surface area contributed by atoms with Gasteiger partial charge in [-0.05, 0) is 55.5 Å². The zero-order chi connectivity index (χ0) is 24.8. The predicted octanol–water partition coefficient (Wildman–Crippen LogP) is 5.97. The molecule has 1 aromatic heterocycles. The molecule has 0 radical (unpaired) electrons. The van der Waals surface area contributed by atoms with Crippen LogP contribution in [0.25, 0.3) is 10.9 Å². The Morgan fingerprint density at radius 2 is 1.80 bits per heavy atom. The Morgan fingerprint density at radius 3 is 2.51 bits per heavy atom. The maximum absolute atomic E-state index is 13.0. The maximum atomic E-state index is 13.0. The Labute approximate surface area is 210 Å². The average molecular weight is 473 g/mol. The summed E-state index contributed by atoms with van der Waals surface area (Å²) in [6.07, 6.45) is 6.40. The van der Waals surface area contributed by atoms with Gasteiger partial charge in [0.05, 0.1) is 0 Å². The molecule has 1 amide bonds. The lowest BCUT2D eigenvalue weighted by atomic mass is 9.68. The molecule has 35 heavy (non-hydrogen) atoms. The van der Waals surface area contributed by atoms with E-state index in [9.17, 15) is 4.79 Å². The number of aromatic amines is 1. The van der Waals surface area contributed by atoms with Gasteiger partial charge in [0.2, 0.25) is 5.91 Å². The largest absolute Gasteiger partial charge is 0.361 e. The Bertz CT molecular complexity index is 1130. The van der Waals surface area contributed by atoms with Gasteiger partial charge in [-0.3, -0.25) is 4.79 Å². The lowest BCUT2D eigenvalue weighted by Gasteiger charge is -2.43. The Balaban J connectivity index is 1.30. The summed E-state index contributed by atoms with van der Waals surface area (Å²) in [5.74, 6) is 0.371. The highest BCUT2D eigenvalue weighted by molar-refractivity contribution is 5.92. The van der Waals surface area contributed by atoms with Gasteiger partial charge in [0.15, 0.2) is 0 Å². The minimum Gasteiger partial charge on any atom is -0.361 e. The van der Waals surface area contributed by atoms with Crippen molar-refractivity contribution in [3.63, 3.8) is 0 Å². The first-order valence-corrected chi connectivity index (χ1v) is 13.1. The van der Waals surface area contributed by atoms with Crippen molar-refractivity contribution in [1.82, 2.24) is 14.8 Å². The number of carbonyl (C=O) groups excluding carboxylic acids is 1. The average Bonchev–Trinajstić information content (AvgIpc) is 3.32. The van der Waals surface area contributed by atoms with Gasteiger partial charge in [-0.2, -0.15) is 0 Å². The molecule has 2 aromatic carbocycles. The van der Waals surface area contributed by atoms with E-state index in [1.807, 2.05) is 24.2 Å². The fraction of sp³-hybridized carbons (Fsp3) is 0.467. The monoisotopic (exact) mass is 472 g/mol. The molecule has 0 spiro atoms. The minimum atomic E-state index is -0.135. The third-order valence-corrected chi connectivity index (χ3v) is 7.92. The number of nitrogens with one attached hydrogen (secondary N) is 2. The third kappa shape index (κ3) is 5.51. The first kappa shape index (κ1) is 25.2. The number of amides is 1. The van der Waals surface area contributed by atoms with E-state index in [1.165, 1.54) is 16.5 Å². The van der Waals surface area contributed by atoms with Crippen LogP contribution in [-0.2, 0) is 10.2 Å². The van der Waals surface area contributed by atoms with Gasteiger partial charge in [-0.1, -0.05) is 68.8 Å². The third-order valence-electron chi connectivity index (χ3n) is 7.92. The molecule has 0 saturated carbocycles. The molecule has 3 aromatic rings.